The summed E-state index contributed by atoms with van der Waals surface area (Å²) in [5.74, 6) is -0.368. The first-order chi connectivity index (χ1) is 5.33. The van der Waals surface area contributed by atoms with Crippen molar-refractivity contribution in [3.05, 3.63) is 0 Å². The SMILES string of the molecule is CC(N)[P+](=O)OCC[N+](C)(C)C. The number of rotatable bonds is 5. The van der Waals surface area contributed by atoms with Crippen molar-refractivity contribution in [1.82, 2.24) is 0 Å². The van der Waals surface area contributed by atoms with Crippen LogP contribution >= 0.6 is 8.03 Å². The van der Waals surface area contributed by atoms with Crippen LogP contribution in [0.5, 0.6) is 0 Å². The van der Waals surface area contributed by atoms with Crippen LogP contribution in [0.1, 0.15) is 6.92 Å². The fourth-order valence-electron chi connectivity index (χ4n) is 0.522. The standard InChI is InChI=1S/C7H19N2O2P/c1-7(8)12(10)11-6-5-9(2,3)4/h7H,5-6,8H2,1-4H3/q+2. The molecule has 12 heavy (non-hydrogen) atoms. The van der Waals surface area contributed by atoms with Gasteiger partial charge in [-0.05, 0) is 11.5 Å². The lowest BCUT2D eigenvalue weighted by atomic mass is 10.5. The molecular weight excluding hydrogens is 175 g/mol. The van der Waals surface area contributed by atoms with Crippen LogP contribution in [-0.4, -0.2) is 44.6 Å². The van der Waals surface area contributed by atoms with Crippen molar-refractivity contribution in [2.75, 3.05) is 34.3 Å². The average molecular weight is 194 g/mol. The van der Waals surface area contributed by atoms with Crippen molar-refractivity contribution in [2.45, 2.75) is 12.7 Å². The van der Waals surface area contributed by atoms with Gasteiger partial charge in [0.05, 0.1) is 21.1 Å². The van der Waals surface area contributed by atoms with Crippen LogP contribution in [0.15, 0.2) is 0 Å². The molecule has 0 rings (SSSR count). The summed E-state index contributed by atoms with van der Waals surface area (Å²) in [6, 6.07) is 0. The second-order valence-corrected chi connectivity index (χ2v) is 5.52. The van der Waals surface area contributed by atoms with Crippen LogP contribution in [-0.2, 0) is 9.09 Å². The van der Waals surface area contributed by atoms with Gasteiger partial charge in [0, 0.05) is 0 Å². The molecule has 0 bridgehead atoms. The van der Waals surface area contributed by atoms with Crippen LogP contribution in [0.3, 0.4) is 0 Å². The molecule has 0 aromatic carbocycles. The van der Waals surface area contributed by atoms with Crippen molar-refractivity contribution < 1.29 is 13.6 Å². The highest BCUT2D eigenvalue weighted by Crippen LogP contribution is 2.24. The number of hydrogen-bond donors (Lipinski definition) is 1. The molecule has 0 aliphatic rings. The second kappa shape index (κ2) is 4.87. The zero-order chi connectivity index (χ0) is 9.78. The smallest absolute Gasteiger partial charge is 0.329 e. The molecular formula is C7H19N2O2P+2. The average Bonchev–Trinajstić information content (AvgIpc) is 1.84. The van der Waals surface area contributed by atoms with Gasteiger partial charge in [-0.1, -0.05) is 0 Å². The van der Waals surface area contributed by atoms with E-state index in [4.69, 9.17) is 10.3 Å². The fraction of sp³-hybridized carbons (Fsp3) is 1.00. The van der Waals surface area contributed by atoms with Crippen LogP contribution in [0.4, 0.5) is 0 Å². The molecule has 0 spiro atoms. The molecule has 0 aromatic heterocycles. The van der Waals surface area contributed by atoms with Gasteiger partial charge in [-0.3, -0.25) is 5.73 Å². The van der Waals surface area contributed by atoms with Gasteiger partial charge in [0.1, 0.15) is 6.54 Å². The molecule has 0 amide bonds. The third kappa shape index (κ3) is 6.68. The van der Waals surface area contributed by atoms with Crippen molar-refractivity contribution in [1.29, 1.82) is 0 Å². The first kappa shape index (κ1) is 12.0. The predicted molar refractivity (Wildman–Crippen MR) is 50.1 cm³/mol. The van der Waals surface area contributed by atoms with E-state index in [0.717, 1.165) is 11.0 Å². The summed E-state index contributed by atoms with van der Waals surface area (Å²) in [5, 5.41) is 0. The Morgan fingerprint density at radius 2 is 2.00 bits per heavy atom. The molecule has 72 valence electrons. The molecule has 0 heterocycles. The van der Waals surface area contributed by atoms with E-state index in [-0.39, 0.29) is 5.78 Å². The molecule has 2 N–H and O–H groups in total. The molecule has 0 aliphatic carbocycles. The third-order valence-electron chi connectivity index (χ3n) is 1.31. The van der Waals surface area contributed by atoms with Crippen molar-refractivity contribution in [3.63, 3.8) is 0 Å². The minimum atomic E-state index is -1.67. The van der Waals surface area contributed by atoms with Gasteiger partial charge in [0.2, 0.25) is 5.78 Å². The maximum atomic E-state index is 11.0. The van der Waals surface area contributed by atoms with Gasteiger partial charge in [0.15, 0.2) is 6.61 Å². The third-order valence-corrected chi connectivity index (χ3v) is 2.42. The van der Waals surface area contributed by atoms with Crippen molar-refractivity contribution in [2.24, 2.45) is 5.73 Å². The second-order valence-electron chi connectivity index (χ2n) is 3.87. The van der Waals surface area contributed by atoms with Crippen LogP contribution in [0.2, 0.25) is 0 Å². The van der Waals surface area contributed by atoms with Gasteiger partial charge in [0.25, 0.3) is 0 Å². The Hall–Kier alpha value is -0.0200. The Kier molecular flexibility index (Phi) is 4.87. The highest BCUT2D eigenvalue weighted by molar-refractivity contribution is 7.39. The lowest BCUT2D eigenvalue weighted by molar-refractivity contribution is -0.870. The maximum Gasteiger partial charge on any atom is 0.526 e. The number of hydrogen-bond acceptors (Lipinski definition) is 3. The molecule has 0 saturated heterocycles. The Morgan fingerprint density at radius 3 is 2.33 bits per heavy atom. The topological polar surface area (TPSA) is 52.3 Å². The lowest BCUT2D eigenvalue weighted by Crippen LogP contribution is -2.37. The Bertz CT molecular complexity index is 154. The first-order valence-electron chi connectivity index (χ1n) is 3.98. The van der Waals surface area contributed by atoms with E-state index in [1.165, 1.54) is 0 Å². The normalized spacial score (nSPS) is 15.9. The van der Waals surface area contributed by atoms with E-state index in [1.807, 2.05) is 0 Å². The van der Waals surface area contributed by atoms with Gasteiger partial charge < -0.3 is 4.48 Å². The summed E-state index contributed by atoms with van der Waals surface area (Å²) in [5.41, 5.74) is 5.37. The zero-order valence-electron chi connectivity index (χ0n) is 8.28. The molecule has 5 heteroatoms. The quantitative estimate of drug-likeness (QED) is 0.519. The molecule has 0 aromatic rings. The number of likely N-dealkylation sites (N-methyl/N-ethyl adjacent to an activating group) is 1. The number of quaternary nitrogens is 1. The van der Waals surface area contributed by atoms with Gasteiger partial charge in [-0.2, -0.15) is 0 Å². The summed E-state index contributed by atoms with van der Waals surface area (Å²) < 4.78 is 16.9. The number of nitrogens with two attached hydrogens (primary N) is 1. The molecule has 0 fully saturated rings. The van der Waals surface area contributed by atoms with E-state index >= 15 is 0 Å². The molecule has 0 radical (unpaired) electrons. The minimum absolute atomic E-state index is 0.368. The largest absolute Gasteiger partial charge is 0.526 e. The Labute approximate surface area is 75.1 Å². The van der Waals surface area contributed by atoms with Crippen LogP contribution in [0.25, 0.3) is 0 Å². The van der Waals surface area contributed by atoms with Gasteiger partial charge >= 0.3 is 8.03 Å². The van der Waals surface area contributed by atoms with Crippen LogP contribution in [0, 0.1) is 0 Å². The molecule has 0 aliphatic heterocycles. The molecule has 0 saturated carbocycles. The van der Waals surface area contributed by atoms with Crippen LogP contribution < -0.4 is 5.73 Å². The molecule has 2 unspecified atom stereocenters. The first-order valence-corrected chi connectivity index (χ1v) is 5.23. The minimum Gasteiger partial charge on any atom is -0.329 e. The van der Waals surface area contributed by atoms with E-state index in [2.05, 4.69) is 21.1 Å². The monoisotopic (exact) mass is 194 g/mol. The maximum absolute atomic E-state index is 11.0. The zero-order valence-corrected chi connectivity index (χ0v) is 9.17. The summed E-state index contributed by atoms with van der Waals surface area (Å²) in [6.45, 7) is 3.03. The van der Waals surface area contributed by atoms with E-state index in [9.17, 15) is 4.57 Å². The summed E-state index contributed by atoms with van der Waals surface area (Å²) in [7, 11) is 4.50. The molecule has 2 atom stereocenters. The van der Waals surface area contributed by atoms with Gasteiger partial charge in [-0.25, -0.2) is 0 Å². The Morgan fingerprint density at radius 1 is 1.50 bits per heavy atom. The predicted octanol–water partition coefficient (Wildman–Crippen LogP) is 0.756. The Balaban J connectivity index is 3.51. The van der Waals surface area contributed by atoms with Crippen molar-refractivity contribution >= 4 is 8.03 Å². The van der Waals surface area contributed by atoms with E-state index < -0.39 is 8.03 Å². The fourth-order valence-corrected chi connectivity index (χ4v) is 1.02. The summed E-state index contributed by atoms with van der Waals surface area (Å²) >= 11 is 0. The van der Waals surface area contributed by atoms with E-state index in [1.54, 1.807) is 6.92 Å². The number of nitrogens with zero attached hydrogens (tertiary/aromatic N) is 1. The summed E-state index contributed by atoms with van der Waals surface area (Å²) in [6.07, 6.45) is 0. The van der Waals surface area contributed by atoms with Crippen molar-refractivity contribution in [3.8, 4) is 0 Å². The lowest BCUT2D eigenvalue weighted by Gasteiger charge is -2.22. The highest BCUT2D eigenvalue weighted by Gasteiger charge is 2.24. The highest BCUT2D eigenvalue weighted by atomic mass is 31.1. The molecule has 4 nitrogen and oxygen atoms in total. The summed E-state index contributed by atoms with van der Waals surface area (Å²) in [4.78, 5) is 0. The van der Waals surface area contributed by atoms with E-state index in [0.29, 0.717) is 6.61 Å². The van der Waals surface area contributed by atoms with Gasteiger partial charge in [-0.15, -0.1) is 4.52 Å².